The Labute approximate surface area is 127 Å². The molecule has 0 saturated heterocycles. The van der Waals surface area contributed by atoms with E-state index in [0.29, 0.717) is 5.56 Å². The predicted molar refractivity (Wildman–Crippen MR) is 77.6 cm³/mol. The number of phenols is 1. The topological polar surface area (TPSA) is 67.8 Å². The van der Waals surface area contributed by atoms with Crippen LogP contribution in [0.2, 0.25) is 10.0 Å². The summed E-state index contributed by atoms with van der Waals surface area (Å²) in [6.45, 7) is 2.08. The molecule has 1 aromatic rings. The van der Waals surface area contributed by atoms with E-state index >= 15 is 0 Å². The molecule has 1 atom stereocenters. The van der Waals surface area contributed by atoms with Gasteiger partial charge in [-0.2, -0.15) is 10.5 Å². The van der Waals surface area contributed by atoms with Gasteiger partial charge in [0.05, 0.1) is 27.7 Å². The Morgan fingerprint density at radius 2 is 1.79 bits per heavy atom. The lowest BCUT2D eigenvalue weighted by atomic mass is 10.2. The van der Waals surface area contributed by atoms with Gasteiger partial charge in [0.15, 0.2) is 5.75 Å². The quantitative estimate of drug-likeness (QED) is 0.807. The zero-order valence-corrected chi connectivity index (χ0v) is 12.6. The van der Waals surface area contributed by atoms with Crippen molar-refractivity contribution in [2.75, 3.05) is 0 Å². The average molecular weight is 320 g/mol. The highest BCUT2D eigenvalue weighted by molar-refractivity contribution is 6.37. The van der Waals surface area contributed by atoms with Crippen LogP contribution >= 0.6 is 34.8 Å². The van der Waals surface area contributed by atoms with Crippen molar-refractivity contribution in [2.24, 2.45) is 0 Å². The van der Waals surface area contributed by atoms with Crippen LogP contribution in [0, 0.1) is 22.7 Å². The third-order valence-corrected chi connectivity index (χ3v) is 2.99. The lowest BCUT2D eigenvalue weighted by Crippen LogP contribution is -1.91. The molecule has 0 saturated carbocycles. The summed E-state index contributed by atoms with van der Waals surface area (Å²) in [7, 11) is 0. The molecule has 102 valence electrons. The molecule has 0 aliphatic rings. The number of nitrogens with zero attached hydrogens (tertiary/aromatic N) is 2. The van der Waals surface area contributed by atoms with E-state index in [0.717, 1.165) is 19.3 Å². The number of halogens is 3. The lowest BCUT2D eigenvalue weighted by molar-refractivity contribution is 0.476. The van der Waals surface area contributed by atoms with Gasteiger partial charge >= 0.3 is 0 Å². The number of unbranched alkanes of at least 4 members (excludes halogenated alkanes) is 1. The van der Waals surface area contributed by atoms with E-state index in [4.69, 9.17) is 50.4 Å². The summed E-state index contributed by atoms with van der Waals surface area (Å²) in [5.74, 6) is -0.188. The number of aromatic hydroxyl groups is 1. The fourth-order valence-electron chi connectivity index (χ4n) is 1.08. The largest absolute Gasteiger partial charge is 0.505 e. The molecule has 1 rings (SSSR count). The minimum Gasteiger partial charge on any atom is -0.505 e. The van der Waals surface area contributed by atoms with Crippen LogP contribution in [0.4, 0.5) is 0 Å². The first-order valence-corrected chi connectivity index (χ1v) is 6.77. The van der Waals surface area contributed by atoms with Gasteiger partial charge in [-0.1, -0.05) is 43.0 Å². The zero-order valence-electron chi connectivity index (χ0n) is 10.3. The summed E-state index contributed by atoms with van der Waals surface area (Å²) in [6.07, 6.45) is 3.00. The second kappa shape index (κ2) is 9.75. The number of phenolic OH excluding ortho intramolecular Hbond substituents is 1. The van der Waals surface area contributed by atoms with Gasteiger partial charge in [0, 0.05) is 0 Å². The van der Waals surface area contributed by atoms with Crippen LogP contribution in [0.3, 0.4) is 0 Å². The predicted octanol–water partition coefficient (Wildman–Crippen LogP) is 4.88. The Kier molecular flexibility index (Phi) is 9.17. The molecule has 1 N–H and O–H groups in total. The minimum atomic E-state index is -0.269. The Balaban J connectivity index is 0.000000362. The first-order valence-electron chi connectivity index (χ1n) is 5.58. The van der Waals surface area contributed by atoms with Crippen molar-refractivity contribution in [3.8, 4) is 17.9 Å². The van der Waals surface area contributed by atoms with Crippen molar-refractivity contribution in [2.45, 2.75) is 31.6 Å². The van der Waals surface area contributed by atoms with Gasteiger partial charge in [0.2, 0.25) is 0 Å². The molecule has 0 amide bonds. The Morgan fingerprint density at radius 3 is 2.16 bits per heavy atom. The fourth-order valence-corrected chi connectivity index (χ4v) is 1.72. The van der Waals surface area contributed by atoms with Gasteiger partial charge in [-0.3, -0.25) is 0 Å². The van der Waals surface area contributed by atoms with Crippen LogP contribution in [0.25, 0.3) is 0 Å². The molecule has 0 spiro atoms. The maximum absolute atomic E-state index is 9.05. The van der Waals surface area contributed by atoms with Gasteiger partial charge < -0.3 is 5.11 Å². The Morgan fingerprint density at radius 1 is 1.26 bits per heavy atom. The van der Waals surface area contributed by atoms with Gasteiger partial charge in [0.25, 0.3) is 0 Å². The Hall–Kier alpha value is -1.13. The van der Waals surface area contributed by atoms with Crippen LogP contribution in [-0.2, 0) is 0 Å². The molecule has 0 aliphatic carbocycles. The summed E-state index contributed by atoms with van der Waals surface area (Å²) in [5.41, 5.74) is 0.331. The van der Waals surface area contributed by atoms with Gasteiger partial charge in [0.1, 0.15) is 5.38 Å². The smallest absolute Gasteiger partial charge is 0.152 e. The van der Waals surface area contributed by atoms with Crippen molar-refractivity contribution in [3.63, 3.8) is 0 Å². The molecule has 0 radical (unpaired) electrons. The third-order valence-electron chi connectivity index (χ3n) is 2.10. The van der Waals surface area contributed by atoms with Crippen LogP contribution < -0.4 is 0 Å². The maximum atomic E-state index is 9.05. The van der Waals surface area contributed by atoms with Crippen LogP contribution in [0.5, 0.6) is 5.75 Å². The zero-order chi connectivity index (χ0) is 14.8. The summed E-state index contributed by atoms with van der Waals surface area (Å²) in [4.78, 5) is 0. The molecule has 0 aromatic heterocycles. The van der Waals surface area contributed by atoms with Crippen LogP contribution in [0.15, 0.2) is 12.1 Å². The molecule has 6 heteroatoms. The standard InChI is InChI=1S/C7H3Cl2NO.C6H10ClN/c8-5-1-4(3-10)2-6(9)7(5)11;1-2-3-4-6(7)5-8/h1-2,11H;6H,2-4H2,1H3. The monoisotopic (exact) mass is 318 g/mol. The average Bonchev–Trinajstić information content (AvgIpc) is 2.42. The van der Waals surface area contributed by atoms with Crippen molar-refractivity contribution in [1.29, 1.82) is 10.5 Å². The third kappa shape index (κ3) is 7.13. The van der Waals surface area contributed by atoms with Gasteiger partial charge in [-0.25, -0.2) is 0 Å². The number of hydrogen-bond donors (Lipinski definition) is 1. The summed E-state index contributed by atoms with van der Waals surface area (Å²) < 4.78 is 0. The van der Waals surface area contributed by atoms with Crippen LogP contribution in [0.1, 0.15) is 31.7 Å². The van der Waals surface area contributed by atoms with E-state index in [-0.39, 0.29) is 21.2 Å². The Bertz CT molecular complexity index is 469. The minimum absolute atomic E-state index is 0.0917. The van der Waals surface area contributed by atoms with E-state index in [1.54, 1.807) is 0 Å². The molecular weight excluding hydrogens is 307 g/mol. The highest BCUT2D eigenvalue weighted by atomic mass is 35.5. The summed E-state index contributed by atoms with van der Waals surface area (Å²) in [5, 5.41) is 25.6. The SMILES string of the molecule is CCCCC(Cl)C#N.N#Cc1cc(Cl)c(O)c(Cl)c1. The lowest BCUT2D eigenvalue weighted by Gasteiger charge is -1.98. The number of rotatable bonds is 3. The number of benzene rings is 1. The fraction of sp³-hybridized carbons (Fsp3) is 0.385. The maximum Gasteiger partial charge on any atom is 0.152 e. The van der Waals surface area contributed by atoms with Gasteiger partial charge in [-0.15, -0.1) is 11.6 Å². The van der Waals surface area contributed by atoms with Crippen molar-refractivity contribution >= 4 is 34.8 Å². The van der Waals surface area contributed by atoms with Crippen LogP contribution in [-0.4, -0.2) is 10.5 Å². The molecule has 3 nitrogen and oxygen atoms in total. The number of alkyl halides is 1. The first-order chi connectivity index (χ1) is 8.96. The molecule has 0 bridgehead atoms. The molecule has 0 aliphatic heterocycles. The van der Waals surface area contributed by atoms with Crippen molar-refractivity contribution in [1.82, 2.24) is 0 Å². The normalized spacial score (nSPS) is 10.6. The highest BCUT2D eigenvalue weighted by Gasteiger charge is 2.05. The second-order valence-electron chi connectivity index (χ2n) is 3.64. The van der Waals surface area contributed by atoms with Crippen molar-refractivity contribution < 1.29 is 5.11 Å². The number of nitriles is 2. The van der Waals surface area contributed by atoms with E-state index in [1.165, 1.54) is 12.1 Å². The molecule has 0 heterocycles. The molecule has 19 heavy (non-hydrogen) atoms. The first kappa shape index (κ1) is 17.9. The summed E-state index contributed by atoms with van der Waals surface area (Å²) in [6, 6.07) is 6.52. The molecule has 1 unspecified atom stereocenters. The second-order valence-corrected chi connectivity index (χ2v) is 4.98. The van der Waals surface area contributed by atoms with E-state index in [1.807, 2.05) is 12.1 Å². The van der Waals surface area contributed by atoms with Crippen molar-refractivity contribution in [3.05, 3.63) is 27.7 Å². The van der Waals surface area contributed by atoms with E-state index in [2.05, 4.69) is 6.92 Å². The molecule has 1 aromatic carbocycles. The highest BCUT2D eigenvalue weighted by Crippen LogP contribution is 2.32. The van der Waals surface area contributed by atoms with Gasteiger partial charge in [-0.05, 0) is 18.6 Å². The van der Waals surface area contributed by atoms with E-state index in [9.17, 15) is 0 Å². The molecule has 0 fully saturated rings. The molecular formula is C13H13Cl3N2O. The summed E-state index contributed by atoms with van der Waals surface area (Å²) >= 11 is 16.5. The number of hydrogen-bond acceptors (Lipinski definition) is 3. The van der Waals surface area contributed by atoms with E-state index < -0.39 is 0 Å².